The number of hydrogen-bond acceptors (Lipinski definition) is 4. The Morgan fingerprint density at radius 3 is 2.94 bits per heavy atom. The van der Waals surface area contributed by atoms with E-state index >= 15 is 0 Å². The van der Waals surface area contributed by atoms with Gasteiger partial charge in [0, 0.05) is 10.7 Å². The molecule has 92 valence electrons. The fourth-order valence-corrected chi connectivity index (χ4v) is 1.55. The van der Waals surface area contributed by atoms with Crippen LogP contribution in [0.2, 0.25) is 5.02 Å². The predicted octanol–water partition coefficient (Wildman–Crippen LogP) is 2.46. The normalized spacial score (nSPS) is 14.6. The monoisotopic (exact) mass is 255 g/mol. The molecule has 2 N–H and O–H groups in total. The average molecular weight is 256 g/mol. The van der Waals surface area contributed by atoms with E-state index in [1.165, 1.54) is 18.9 Å². The minimum Gasteiger partial charge on any atom is -0.435 e. The molecular formula is C12H14ClNO3. The number of nitrogen functional groups attached to an aromatic ring is 1. The van der Waals surface area contributed by atoms with Gasteiger partial charge in [-0.3, -0.25) is 0 Å². The van der Waals surface area contributed by atoms with Crippen LogP contribution in [0.1, 0.15) is 23.2 Å². The number of ether oxygens (including phenoxy) is 2. The van der Waals surface area contributed by atoms with Gasteiger partial charge in [-0.05, 0) is 37.0 Å². The van der Waals surface area contributed by atoms with Crippen LogP contribution in [0.3, 0.4) is 0 Å². The fourth-order valence-electron chi connectivity index (χ4n) is 1.38. The molecule has 0 amide bonds. The first kappa shape index (κ1) is 12.2. The topological polar surface area (TPSA) is 61.6 Å². The Hall–Kier alpha value is -1.26. The second-order valence-electron chi connectivity index (χ2n) is 4.10. The molecule has 0 radical (unpaired) electrons. The number of benzene rings is 1. The lowest BCUT2D eigenvalue weighted by atomic mass is 10.2. The highest BCUT2D eigenvalue weighted by molar-refractivity contribution is 6.31. The summed E-state index contributed by atoms with van der Waals surface area (Å²) in [6, 6.07) is 4.68. The molecular weight excluding hydrogens is 242 g/mol. The van der Waals surface area contributed by atoms with Gasteiger partial charge in [-0.2, -0.15) is 0 Å². The SMILES string of the molecule is Nc1ccc(Cl)cc1C(=O)OCOCC1CC1. The van der Waals surface area contributed by atoms with E-state index in [0.29, 0.717) is 23.2 Å². The van der Waals surface area contributed by atoms with Gasteiger partial charge in [0.2, 0.25) is 0 Å². The molecule has 0 spiro atoms. The Morgan fingerprint density at radius 2 is 2.24 bits per heavy atom. The molecule has 4 nitrogen and oxygen atoms in total. The summed E-state index contributed by atoms with van der Waals surface area (Å²) >= 11 is 5.78. The van der Waals surface area contributed by atoms with Gasteiger partial charge < -0.3 is 15.2 Å². The Morgan fingerprint density at radius 1 is 1.47 bits per heavy atom. The van der Waals surface area contributed by atoms with Crippen LogP contribution in [0.15, 0.2) is 18.2 Å². The van der Waals surface area contributed by atoms with E-state index in [9.17, 15) is 4.79 Å². The maximum absolute atomic E-state index is 11.6. The Balaban J connectivity index is 1.82. The highest BCUT2D eigenvalue weighted by Crippen LogP contribution is 2.28. The average Bonchev–Trinajstić information content (AvgIpc) is 3.11. The summed E-state index contributed by atoms with van der Waals surface area (Å²) in [5.74, 6) is 0.130. The third kappa shape index (κ3) is 3.61. The van der Waals surface area contributed by atoms with Crippen LogP contribution in [0.25, 0.3) is 0 Å². The quantitative estimate of drug-likeness (QED) is 0.380. The smallest absolute Gasteiger partial charge is 0.342 e. The minimum absolute atomic E-state index is 0.0404. The molecule has 0 aliphatic heterocycles. The van der Waals surface area contributed by atoms with Crippen LogP contribution >= 0.6 is 11.6 Å². The molecule has 1 aromatic rings. The summed E-state index contributed by atoms with van der Waals surface area (Å²) in [6.07, 6.45) is 2.41. The molecule has 0 aromatic heterocycles. The lowest BCUT2D eigenvalue weighted by Gasteiger charge is -2.07. The summed E-state index contributed by atoms with van der Waals surface area (Å²) in [6.45, 7) is 0.611. The first-order valence-electron chi connectivity index (χ1n) is 5.46. The number of carbonyl (C=O) groups excluding carboxylic acids is 1. The maximum Gasteiger partial charge on any atom is 0.342 e. The zero-order valence-electron chi connectivity index (χ0n) is 9.32. The summed E-state index contributed by atoms with van der Waals surface area (Å²) in [5.41, 5.74) is 6.27. The zero-order valence-corrected chi connectivity index (χ0v) is 10.1. The molecule has 1 saturated carbocycles. The molecule has 1 aliphatic carbocycles. The van der Waals surface area contributed by atoms with Gasteiger partial charge in [0.25, 0.3) is 0 Å². The molecule has 2 rings (SSSR count). The van der Waals surface area contributed by atoms with Crippen LogP contribution in [0.4, 0.5) is 5.69 Å². The van der Waals surface area contributed by atoms with Crippen LogP contribution in [0.5, 0.6) is 0 Å². The fraction of sp³-hybridized carbons (Fsp3) is 0.417. The number of hydrogen-bond donors (Lipinski definition) is 1. The molecule has 0 saturated heterocycles. The van der Waals surface area contributed by atoms with Gasteiger partial charge in [0.15, 0.2) is 6.79 Å². The van der Waals surface area contributed by atoms with E-state index in [-0.39, 0.29) is 12.4 Å². The lowest BCUT2D eigenvalue weighted by Crippen LogP contribution is -2.11. The van der Waals surface area contributed by atoms with E-state index in [1.54, 1.807) is 12.1 Å². The van der Waals surface area contributed by atoms with Crippen molar-refractivity contribution in [2.45, 2.75) is 12.8 Å². The Labute approximate surface area is 105 Å². The van der Waals surface area contributed by atoms with Crippen molar-refractivity contribution in [3.05, 3.63) is 28.8 Å². The maximum atomic E-state index is 11.6. The van der Waals surface area contributed by atoms with Gasteiger partial charge in [0.1, 0.15) is 0 Å². The van der Waals surface area contributed by atoms with Crippen molar-refractivity contribution in [3.8, 4) is 0 Å². The summed E-state index contributed by atoms with van der Waals surface area (Å²) < 4.78 is 10.1. The van der Waals surface area contributed by atoms with Crippen LogP contribution in [-0.4, -0.2) is 19.4 Å². The lowest BCUT2D eigenvalue weighted by molar-refractivity contribution is -0.0344. The van der Waals surface area contributed by atoms with Crippen molar-refractivity contribution in [1.82, 2.24) is 0 Å². The van der Waals surface area contributed by atoms with Crippen LogP contribution < -0.4 is 5.73 Å². The van der Waals surface area contributed by atoms with Crippen LogP contribution in [-0.2, 0) is 9.47 Å². The third-order valence-electron chi connectivity index (χ3n) is 2.56. The summed E-state index contributed by atoms with van der Waals surface area (Å²) in [4.78, 5) is 11.6. The number of anilines is 1. The van der Waals surface area contributed by atoms with Crippen molar-refractivity contribution in [2.75, 3.05) is 19.1 Å². The second-order valence-corrected chi connectivity index (χ2v) is 4.53. The molecule has 17 heavy (non-hydrogen) atoms. The Bertz CT molecular complexity index is 418. The molecule has 0 bridgehead atoms. The highest BCUT2D eigenvalue weighted by Gasteiger charge is 2.21. The number of esters is 1. The third-order valence-corrected chi connectivity index (χ3v) is 2.79. The van der Waals surface area contributed by atoms with Crippen LogP contribution in [0, 0.1) is 5.92 Å². The molecule has 0 unspecified atom stereocenters. The van der Waals surface area contributed by atoms with Gasteiger partial charge in [-0.25, -0.2) is 4.79 Å². The zero-order chi connectivity index (χ0) is 12.3. The van der Waals surface area contributed by atoms with E-state index in [4.69, 9.17) is 26.8 Å². The number of carbonyl (C=O) groups is 1. The number of halogens is 1. The Kier molecular flexibility index (Phi) is 3.86. The van der Waals surface area contributed by atoms with Gasteiger partial charge >= 0.3 is 5.97 Å². The van der Waals surface area contributed by atoms with Gasteiger partial charge in [-0.15, -0.1) is 0 Å². The number of nitrogens with two attached hydrogens (primary N) is 1. The summed E-state index contributed by atoms with van der Waals surface area (Å²) in [5, 5.41) is 0.449. The molecule has 0 heterocycles. The van der Waals surface area contributed by atoms with Crippen molar-refractivity contribution in [2.24, 2.45) is 5.92 Å². The van der Waals surface area contributed by atoms with Crippen molar-refractivity contribution < 1.29 is 14.3 Å². The number of rotatable bonds is 5. The molecule has 1 aliphatic rings. The molecule has 1 fully saturated rings. The van der Waals surface area contributed by atoms with Crippen molar-refractivity contribution >= 4 is 23.3 Å². The predicted molar refractivity (Wildman–Crippen MR) is 64.8 cm³/mol. The van der Waals surface area contributed by atoms with Crippen molar-refractivity contribution in [3.63, 3.8) is 0 Å². The molecule has 1 aromatic carbocycles. The molecule has 5 heteroatoms. The van der Waals surface area contributed by atoms with E-state index in [2.05, 4.69) is 0 Å². The minimum atomic E-state index is -0.513. The second kappa shape index (κ2) is 5.38. The first-order valence-corrected chi connectivity index (χ1v) is 5.84. The highest BCUT2D eigenvalue weighted by atomic mass is 35.5. The standard InChI is InChI=1S/C12H14ClNO3/c13-9-3-4-11(14)10(5-9)12(15)17-7-16-6-8-1-2-8/h3-5,8H,1-2,6-7,14H2. The first-order chi connectivity index (χ1) is 8.16. The molecule has 0 atom stereocenters. The van der Waals surface area contributed by atoms with Gasteiger partial charge in [-0.1, -0.05) is 11.6 Å². The van der Waals surface area contributed by atoms with Crippen molar-refractivity contribution in [1.29, 1.82) is 0 Å². The van der Waals surface area contributed by atoms with E-state index in [1.807, 2.05) is 0 Å². The van der Waals surface area contributed by atoms with Gasteiger partial charge in [0.05, 0.1) is 12.2 Å². The summed E-state index contributed by atoms with van der Waals surface area (Å²) in [7, 11) is 0. The van der Waals surface area contributed by atoms with E-state index < -0.39 is 5.97 Å². The largest absolute Gasteiger partial charge is 0.435 e. The van der Waals surface area contributed by atoms with E-state index in [0.717, 1.165) is 0 Å².